The van der Waals surface area contributed by atoms with Crippen molar-refractivity contribution in [2.45, 2.75) is 32.7 Å². The first kappa shape index (κ1) is 18.7. The van der Waals surface area contributed by atoms with Crippen LogP contribution in [0, 0.1) is 5.92 Å². The Morgan fingerprint density at radius 3 is 2.35 bits per heavy atom. The van der Waals surface area contributed by atoms with E-state index in [1.165, 1.54) is 0 Å². The van der Waals surface area contributed by atoms with Crippen molar-refractivity contribution < 1.29 is 14.3 Å². The van der Waals surface area contributed by atoms with Crippen LogP contribution in [0.15, 0.2) is 30.3 Å². The second-order valence-corrected chi connectivity index (χ2v) is 7.62. The first-order valence-corrected chi connectivity index (χ1v) is 9.56. The third-order valence-corrected chi connectivity index (χ3v) is 4.81. The van der Waals surface area contributed by atoms with E-state index in [0.29, 0.717) is 50.4 Å². The molecule has 142 valence electrons. The fourth-order valence-corrected chi connectivity index (χ4v) is 3.26. The van der Waals surface area contributed by atoms with Gasteiger partial charge in [0.15, 0.2) is 0 Å². The van der Waals surface area contributed by atoms with Gasteiger partial charge in [0.2, 0.25) is 5.91 Å². The lowest BCUT2D eigenvalue weighted by Crippen LogP contribution is -2.52. The Kier molecular flexibility index (Phi) is 6.14. The minimum absolute atomic E-state index is 0.224. The van der Waals surface area contributed by atoms with Gasteiger partial charge in [-0.25, -0.2) is 4.79 Å². The predicted octanol–water partition coefficient (Wildman–Crippen LogP) is 2.45. The number of para-hydroxylation sites is 1. The molecule has 1 aliphatic heterocycles. The lowest BCUT2D eigenvalue weighted by Gasteiger charge is -2.35. The van der Waals surface area contributed by atoms with Crippen LogP contribution in [0.3, 0.4) is 0 Å². The van der Waals surface area contributed by atoms with Gasteiger partial charge in [-0.05, 0) is 30.9 Å². The van der Waals surface area contributed by atoms with Gasteiger partial charge in [-0.2, -0.15) is 0 Å². The molecule has 0 atom stereocenters. The van der Waals surface area contributed by atoms with Gasteiger partial charge >= 0.3 is 6.09 Å². The highest BCUT2D eigenvalue weighted by atomic mass is 16.6. The lowest BCUT2D eigenvalue weighted by molar-refractivity contribution is -0.133. The first-order chi connectivity index (χ1) is 12.5. The van der Waals surface area contributed by atoms with E-state index in [0.717, 1.165) is 19.4 Å². The highest BCUT2D eigenvalue weighted by molar-refractivity contribution is 5.79. The number of ether oxygens (including phenoxy) is 1. The molecule has 6 heteroatoms. The fraction of sp³-hybridized carbons (Fsp3) is 0.600. The maximum atomic E-state index is 12.7. The average molecular weight is 359 g/mol. The Morgan fingerprint density at radius 1 is 1.12 bits per heavy atom. The fourth-order valence-electron chi connectivity index (χ4n) is 3.26. The molecule has 1 aliphatic carbocycles. The number of carbonyl (C=O) groups is 2. The minimum atomic E-state index is -0.318. The Balaban J connectivity index is 1.44. The van der Waals surface area contributed by atoms with Gasteiger partial charge in [0.1, 0.15) is 5.75 Å². The quantitative estimate of drug-likeness (QED) is 0.783. The maximum absolute atomic E-state index is 12.7. The molecule has 1 heterocycles. The van der Waals surface area contributed by atoms with Crippen LogP contribution in [0.25, 0.3) is 0 Å². The second kappa shape index (κ2) is 8.54. The van der Waals surface area contributed by atoms with Crippen LogP contribution < -0.4 is 4.74 Å². The van der Waals surface area contributed by atoms with E-state index >= 15 is 0 Å². The number of amides is 2. The van der Waals surface area contributed by atoms with Gasteiger partial charge in [-0.15, -0.1) is 0 Å². The molecule has 2 amide bonds. The zero-order valence-corrected chi connectivity index (χ0v) is 15.8. The van der Waals surface area contributed by atoms with Crippen molar-refractivity contribution in [3.05, 3.63) is 30.3 Å². The van der Waals surface area contributed by atoms with E-state index in [4.69, 9.17) is 4.74 Å². The number of hydrogen-bond donors (Lipinski definition) is 0. The summed E-state index contributed by atoms with van der Waals surface area (Å²) in [6, 6.07) is 9.57. The van der Waals surface area contributed by atoms with Crippen LogP contribution in [-0.2, 0) is 4.79 Å². The molecule has 3 rings (SSSR count). The van der Waals surface area contributed by atoms with Crippen molar-refractivity contribution in [1.82, 2.24) is 14.7 Å². The molecule has 26 heavy (non-hydrogen) atoms. The standard InChI is InChI=1S/C20H29N3O3/c1-16(2)14-23(17-8-9-17)19(24)15-21-10-12-22(13-11-21)20(25)26-18-6-4-3-5-7-18/h3-7,16-17H,8-15H2,1-2H3. The van der Waals surface area contributed by atoms with E-state index in [2.05, 4.69) is 23.6 Å². The van der Waals surface area contributed by atoms with Crippen LogP contribution in [-0.4, -0.2) is 72.0 Å². The minimum Gasteiger partial charge on any atom is -0.410 e. The number of hydrogen-bond acceptors (Lipinski definition) is 4. The van der Waals surface area contributed by atoms with Crippen LogP contribution in [0.5, 0.6) is 5.75 Å². The normalized spacial score (nSPS) is 18.0. The zero-order valence-electron chi connectivity index (χ0n) is 15.8. The predicted molar refractivity (Wildman–Crippen MR) is 100 cm³/mol. The molecule has 1 aromatic carbocycles. The van der Waals surface area contributed by atoms with E-state index < -0.39 is 0 Å². The highest BCUT2D eigenvalue weighted by Crippen LogP contribution is 2.27. The van der Waals surface area contributed by atoms with Crippen molar-refractivity contribution in [1.29, 1.82) is 0 Å². The molecule has 1 saturated carbocycles. The SMILES string of the molecule is CC(C)CN(C(=O)CN1CCN(C(=O)Oc2ccccc2)CC1)C1CC1. The van der Waals surface area contributed by atoms with E-state index in [9.17, 15) is 9.59 Å². The van der Waals surface area contributed by atoms with E-state index in [1.807, 2.05) is 18.2 Å². The maximum Gasteiger partial charge on any atom is 0.415 e. The first-order valence-electron chi connectivity index (χ1n) is 9.56. The Labute approximate surface area is 155 Å². The lowest BCUT2D eigenvalue weighted by atomic mass is 10.2. The van der Waals surface area contributed by atoms with Gasteiger partial charge < -0.3 is 14.5 Å². The van der Waals surface area contributed by atoms with Crippen LogP contribution >= 0.6 is 0 Å². The van der Waals surface area contributed by atoms with Gasteiger partial charge in [-0.3, -0.25) is 9.69 Å². The molecule has 0 spiro atoms. The number of nitrogens with zero attached hydrogens (tertiary/aromatic N) is 3. The topological polar surface area (TPSA) is 53.1 Å². The molecule has 1 saturated heterocycles. The van der Waals surface area contributed by atoms with Crippen LogP contribution in [0.2, 0.25) is 0 Å². The summed E-state index contributed by atoms with van der Waals surface area (Å²) >= 11 is 0. The molecule has 0 N–H and O–H groups in total. The number of rotatable bonds is 6. The van der Waals surface area contributed by atoms with E-state index in [1.54, 1.807) is 17.0 Å². The summed E-state index contributed by atoms with van der Waals surface area (Å²) in [6.45, 7) is 8.18. The van der Waals surface area contributed by atoms with Crippen molar-refractivity contribution in [3.63, 3.8) is 0 Å². The molecule has 2 fully saturated rings. The molecule has 0 radical (unpaired) electrons. The zero-order chi connectivity index (χ0) is 18.5. The second-order valence-electron chi connectivity index (χ2n) is 7.62. The van der Waals surface area contributed by atoms with Crippen molar-refractivity contribution in [2.75, 3.05) is 39.3 Å². The molecular formula is C20H29N3O3. The van der Waals surface area contributed by atoms with Gasteiger partial charge in [0.05, 0.1) is 6.54 Å². The molecule has 0 aromatic heterocycles. The van der Waals surface area contributed by atoms with Crippen molar-refractivity contribution in [2.24, 2.45) is 5.92 Å². The largest absolute Gasteiger partial charge is 0.415 e. The smallest absolute Gasteiger partial charge is 0.410 e. The molecule has 0 unspecified atom stereocenters. The molecule has 1 aromatic rings. The Bertz CT molecular complexity index is 608. The highest BCUT2D eigenvalue weighted by Gasteiger charge is 2.34. The summed E-state index contributed by atoms with van der Waals surface area (Å²) in [5, 5.41) is 0. The van der Waals surface area contributed by atoms with Gasteiger partial charge in [-0.1, -0.05) is 32.0 Å². The molecule has 6 nitrogen and oxygen atoms in total. The Hall–Kier alpha value is -2.08. The number of carbonyl (C=O) groups excluding carboxylic acids is 2. The van der Waals surface area contributed by atoms with Crippen LogP contribution in [0.4, 0.5) is 4.79 Å². The molecule has 2 aliphatic rings. The average Bonchev–Trinajstić information content (AvgIpc) is 3.46. The summed E-state index contributed by atoms with van der Waals surface area (Å²) < 4.78 is 5.39. The summed E-state index contributed by atoms with van der Waals surface area (Å²) in [5.74, 6) is 1.27. The summed E-state index contributed by atoms with van der Waals surface area (Å²) in [4.78, 5) is 30.8. The van der Waals surface area contributed by atoms with Crippen LogP contribution in [0.1, 0.15) is 26.7 Å². The molecule has 0 bridgehead atoms. The monoisotopic (exact) mass is 359 g/mol. The van der Waals surface area contributed by atoms with Gasteiger partial charge in [0, 0.05) is 38.8 Å². The number of benzene rings is 1. The van der Waals surface area contributed by atoms with Gasteiger partial charge in [0.25, 0.3) is 0 Å². The number of piperazine rings is 1. The van der Waals surface area contributed by atoms with Crippen molar-refractivity contribution in [3.8, 4) is 5.75 Å². The summed E-state index contributed by atoms with van der Waals surface area (Å²) in [6.07, 6.45) is 1.95. The molecular weight excluding hydrogens is 330 g/mol. The van der Waals surface area contributed by atoms with Crippen molar-refractivity contribution >= 4 is 12.0 Å². The third-order valence-electron chi connectivity index (χ3n) is 4.81. The van der Waals surface area contributed by atoms with E-state index in [-0.39, 0.29) is 12.0 Å². The Morgan fingerprint density at radius 2 is 1.77 bits per heavy atom. The summed E-state index contributed by atoms with van der Waals surface area (Å²) in [7, 11) is 0. The third kappa shape index (κ3) is 5.21. The summed E-state index contributed by atoms with van der Waals surface area (Å²) in [5.41, 5.74) is 0.